The molecule has 0 spiro atoms. The van der Waals surface area contributed by atoms with Crippen LogP contribution in [0.1, 0.15) is 37.7 Å². The number of rotatable bonds is 10. The molecule has 0 aliphatic heterocycles. The average Bonchev–Trinajstić information content (AvgIpc) is 3.01. The molecule has 4 atom stereocenters. The molecule has 17 nitrogen and oxygen atoms in total. The zero-order valence-electron chi connectivity index (χ0n) is 27.4. The van der Waals surface area contributed by atoms with Crippen molar-refractivity contribution in [3.63, 3.8) is 0 Å². The number of aliphatic carboxylic acids is 4. The fourth-order valence-electron chi connectivity index (χ4n) is 3.72. The molecule has 0 saturated carbocycles. The average molecular weight is 736 g/mol. The second-order valence-corrected chi connectivity index (χ2v) is 11.8. The number of phenols is 1. The molecule has 0 amide bonds. The SMILES string of the molecule is CN(C)Cc1c(O)ccc2c(=O)c(Oc3ccc(C(C)(C)C)cc3)c(C(F)(F)F)oc12.O=C(O)C(O)C(O)C(=O)O.O=C(O)[C@H](O)[C@@H](O)C(=O)O. The molecule has 2 aromatic carbocycles. The number of aliphatic hydroxyl groups is 4. The van der Waals surface area contributed by atoms with Crippen LogP contribution in [0.3, 0.4) is 0 Å². The quantitative estimate of drug-likeness (QED) is 0.142. The topological polar surface area (TPSA) is 293 Å². The van der Waals surface area contributed by atoms with Crippen molar-refractivity contribution in [2.75, 3.05) is 14.1 Å². The van der Waals surface area contributed by atoms with Gasteiger partial charge in [0.25, 0.3) is 5.76 Å². The Morgan fingerprint density at radius 2 is 1.18 bits per heavy atom. The maximum atomic E-state index is 13.8. The lowest BCUT2D eigenvalue weighted by molar-refractivity contribution is -0.165. The summed E-state index contributed by atoms with van der Waals surface area (Å²) in [7, 11) is 3.36. The molecular weight excluding hydrogens is 699 g/mol. The van der Waals surface area contributed by atoms with Crippen molar-refractivity contribution in [1.82, 2.24) is 4.90 Å². The lowest BCUT2D eigenvalue weighted by Gasteiger charge is -2.19. The van der Waals surface area contributed by atoms with Crippen LogP contribution < -0.4 is 10.2 Å². The van der Waals surface area contributed by atoms with E-state index in [2.05, 4.69) is 0 Å². The maximum absolute atomic E-state index is 13.8. The molecule has 0 radical (unpaired) electrons. The summed E-state index contributed by atoms with van der Waals surface area (Å²) in [5, 5.41) is 75.1. The highest BCUT2D eigenvalue weighted by Gasteiger charge is 2.41. The number of ether oxygens (including phenoxy) is 1. The number of aliphatic hydroxyl groups excluding tert-OH is 4. The lowest BCUT2D eigenvalue weighted by Crippen LogP contribution is -2.39. The molecule has 282 valence electrons. The predicted octanol–water partition coefficient (Wildman–Crippen LogP) is 1.42. The minimum absolute atomic E-state index is 0.0810. The van der Waals surface area contributed by atoms with Crippen LogP contribution in [0.5, 0.6) is 17.2 Å². The molecule has 0 aliphatic rings. The molecule has 20 heteroatoms. The normalized spacial score (nSPS) is 13.8. The first kappa shape index (κ1) is 43.7. The summed E-state index contributed by atoms with van der Waals surface area (Å²) in [6, 6.07) is 8.98. The van der Waals surface area contributed by atoms with E-state index < -0.39 is 71.4 Å². The largest absolute Gasteiger partial charge is 0.507 e. The number of benzene rings is 2. The summed E-state index contributed by atoms with van der Waals surface area (Å²) in [5.41, 5.74) is -0.381. The summed E-state index contributed by atoms with van der Waals surface area (Å²) in [5.74, 6) is -9.74. The Hall–Kier alpha value is -5.28. The van der Waals surface area contributed by atoms with Gasteiger partial charge in [-0.3, -0.25) is 4.79 Å². The van der Waals surface area contributed by atoms with Gasteiger partial charge in [-0.25, -0.2) is 19.2 Å². The van der Waals surface area contributed by atoms with Crippen LogP contribution in [-0.2, 0) is 37.3 Å². The summed E-state index contributed by atoms with van der Waals surface area (Å²) >= 11 is 0. The van der Waals surface area contributed by atoms with Crippen molar-refractivity contribution in [1.29, 1.82) is 0 Å². The van der Waals surface area contributed by atoms with E-state index >= 15 is 0 Å². The molecule has 3 aromatic rings. The molecule has 0 aliphatic carbocycles. The van der Waals surface area contributed by atoms with Gasteiger partial charge in [0, 0.05) is 6.54 Å². The van der Waals surface area contributed by atoms with E-state index in [1.165, 1.54) is 24.3 Å². The number of carboxylic acid groups (broad SMARTS) is 4. The number of alkyl halides is 3. The number of carbonyl (C=O) groups is 4. The van der Waals surface area contributed by atoms with E-state index in [1.807, 2.05) is 20.8 Å². The Morgan fingerprint density at radius 1 is 0.765 bits per heavy atom. The molecule has 3 rings (SSSR count). The number of halogens is 3. The van der Waals surface area contributed by atoms with E-state index in [0.717, 1.165) is 5.56 Å². The van der Waals surface area contributed by atoms with E-state index in [0.29, 0.717) is 0 Å². The van der Waals surface area contributed by atoms with Gasteiger partial charge in [0.15, 0.2) is 24.4 Å². The highest BCUT2D eigenvalue weighted by molar-refractivity contribution is 5.84. The van der Waals surface area contributed by atoms with Crippen LogP contribution in [-0.4, -0.2) is 113 Å². The van der Waals surface area contributed by atoms with Crippen LogP contribution in [0.2, 0.25) is 0 Å². The van der Waals surface area contributed by atoms with Crippen molar-refractivity contribution in [2.24, 2.45) is 0 Å². The Balaban J connectivity index is 0.000000533. The summed E-state index contributed by atoms with van der Waals surface area (Å²) < 4.78 is 51.9. The first-order valence-corrected chi connectivity index (χ1v) is 14.2. The smallest absolute Gasteiger partial charge is 0.453 e. The Morgan fingerprint density at radius 3 is 1.51 bits per heavy atom. The van der Waals surface area contributed by atoms with Crippen LogP contribution in [0.25, 0.3) is 11.0 Å². The van der Waals surface area contributed by atoms with Crippen molar-refractivity contribution >= 4 is 34.8 Å². The molecule has 1 aromatic heterocycles. The highest BCUT2D eigenvalue weighted by atomic mass is 19.4. The molecule has 51 heavy (non-hydrogen) atoms. The van der Waals surface area contributed by atoms with Gasteiger partial charge in [-0.1, -0.05) is 32.9 Å². The van der Waals surface area contributed by atoms with Crippen LogP contribution in [0.4, 0.5) is 13.2 Å². The summed E-state index contributed by atoms with van der Waals surface area (Å²) in [4.78, 5) is 53.7. The molecule has 1 heterocycles. The number of fused-ring (bicyclic) bond motifs is 1. The number of nitrogens with zero attached hydrogens (tertiary/aromatic N) is 1. The Labute approximate surface area is 285 Å². The summed E-state index contributed by atoms with van der Waals surface area (Å²) in [6.07, 6.45) is -14.0. The minimum Gasteiger partial charge on any atom is -0.507 e. The zero-order chi connectivity index (χ0) is 39.8. The zero-order valence-corrected chi connectivity index (χ0v) is 27.4. The van der Waals surface area contributed by atoms with Crippen LogP contribution in [0.15, 0.2) is 45.6 Å². The fraction of sp³-hybridized carbons (Fsp3) is 0.387. The molecule has 0 fully saturated rings. The number of carboxylic acids is 4. The van der Waals surface area contributed by atoms with Gasteiger partial charge >= 0.3 is 30.1 Å². The second kappa shape index (κ2) is 17.6. The maximum Gasteiger partial charge on any atom is 0.453 e. The van der Waals surface area contributed by atoms with Gasteiger partial charge < -0.3 is 60.0 Å². The van der Waals surface area contributed by atoms with Crippen LogP contribution >= 0.6 is 0 Å². The molecular formula is C31H36F3NO16. The van der Waals surface area contributed by atoms with E-state index in [1.54, 1.807) is 31.1 Å². The monoisotopic (exact) mass is 735 g/mol. The fourth-order valence-corrected chi connectivity index (χ4v) is 3.72. The lowest BCUT2D eigenvalue weighted by atomic mass is 9.87. The number of hydrogen-bond acceptors (Lipinski definition) is 13. The molecule has 9 N–H and O–H groups in total. The van der Waals surface area contributed by atoms with Gasteiger partial charge in [-0.2, -0.15) is 13.2 Å². The molecule has 2 unspecified atom stereocenters. The number of hydrogen-bond donors (Lipinski definition) is 9. The highest BCUT2D eigenvalue weighted by Crippen LogP contribution is 2.40. The van der Waals surface area contributed by atoms with Gasteiger partial charge in [-0.05, 0) is 49.3 Å². The number of phenolic OH excluding ortho intramolecular Hbond substituents is 1. The van der Waals surface area contributed by atoms with E-state index in [-0.39, 0.29) is 40.0 Å². The van der Waals surface area contributed by atoms with Crippen molar-refractivity contribution in [3.05, 3.63) is 63.5 Å². The summed E-state index contributed by atoms with van der Waals surface area (Å²) in [6.45, 7) is 6.09. The minimum atomic E-state index is -4.98. The van der Waals surface area contributed by atoms with Gasteiger partial charge in [0.05, 0.1) is 10.9 Å². The van der Waals surface area contributed by atoms with Crippen molar-refractivity contribution < 1.29 is 87.5 Å². The third kappa shape index (κ3) is 12.2. The van der Waals surface area contributed by atoms with Crippen molar-refractivity contribution in [2.45, 2.75) is 63.3 Å². The van der Waals surface area contributed by atoms with Gasteiger partial charge in [0.1, 0.15) is 17.1 Å². The number of aromatic hydroxyl groups is 1. The standard InChI is InChI=1S/C23H24F3NO4.2C4H6O6/c1-22(2,3)13-6-8-14(9-7-13)30-20-18(29)15-10-11-17(28)16(12-27(4)5)19(15)31-21(20)23(24,25)26;2*5-1(3(7)8)2(6)4(9)10/h6-11,28H,12H2,1-5H3;2*1-2,5-6H,(H,7,8)(H,9,10)/t;1-,2-;/m.1./s1. The van der Waals surface area contributed by atoms with Crippen molar-refractivity contribution in [3.8, 4) is 17.2 Å². The van der Waals surface area contributed by atoms with Crippen LogP contribution in [0, 0.1) is 0 Å². The van der Waals surface area contributed by atoms with Gasteiger partial charge in [0.2, 0.25) is 11.2 Å². The first-order valence-electron chi connectivity index (χ1n) is 14.2. The molecule has 0 saturated heterocycles. The first-order chi connectivity index (χ1) is 23.2. The van der Waals surface area contributed by atoms with E-state index in [9.17, 15) is 42.3 Å². The second-order valence-electron chi connectivity index (χ2n) is 11.8. The molecule has 0 bridgehead atoms. The Kier molecular flexibility index (Phi) is 15.1. The third-order valence-corrected chi connectivity index (χ3v) is 6.38. The Bertz CT molecular complexity index is 1690. The third-order valence-electron chi connectivity index (χ3n) is 6.38. The van der Waals surface area contributed by atoms with E-state index in [4.69, 9.17) is 50.0 Å². The van der Waals surface area contributed by atoms with Gasteiger partial charge in [-0.15, -0.1) is 0 Å². The predicted molar refractivity (Wildman–Crippen MR) is 166 cm³/mol.